The molecule has 0 unspecified atom stereocenters. The van der Waals surface area contributed by atoms with E-state index in [1.54, 1.807) is 12.1 Å². The molecule has 2 aromatic rings. The molecule has 21 heavy (non-hydrogen) atoms. The predicted molar refractivity (Wildman–Crippen MR) is 84.6 cm³/mol. The van der Waals surface area contributed by atoms with E-state index in [0.29, 0.717) is 5.69 Å². The van der Waals surface area contributed by atoms with Crippen LogP contribution in [0.3, 0.4) is 0 Å². The summed E-state index contributed by atoms with van der Waals surface area (Å²) in [6, 6.07) is 9.13. The summed E-state index contributed by atoms with van der Waals surface area (Å²) in [4.78, 5) is 24.2. The van der Waals surface area contributed by atoms with Gasteiger partial charge in [-0.1, -0.05) is 17.7 Å². The first-order valence-electron chi connectivity index (χ1n) is 6.31. The van der Waals surface area contributed by atoms with E-state index in [2.05, 4.69) is 15.8 Å². The predicted octanol–water partition coefficient (Wildman–Crippen LogP) is 2.45. The molecule has 2 amide bonds. The van der Waals surface area contributed by atoms with Gasteiger partial charge in [-0.25, -0.2) is 5.43 Å². The minimum absolute atomic E-state index is 0.568. The van der Waals surface area contributed by atoms with Crippen molar-refractivity contribution in [2.75, 3.05) is 5.32 Å². The van der Waals surface area contributed by atoms with Crippen molar-refractivity contribution in [3.63, 3.8) is 0 Å². The number of carbonyl (C=O) groups excluding carboxylic acids is 2. The summed E-state index contributed by atoms with van der Waals surface area (Å²) in [5.41, 5.74) is 4.92. The second-order valence-electron chi connectivity index (χ2n) is 4.49. The maximum atomic E-state index is 11.7. The molecule has 0 saturated carbocycles. The monoisotopic (exact) mass is 301 g/mol. The van der Waals surface area contributed by atoms with Crippen LogP contribution in [0.1, 0.15) is 16.0 Å². The Bertz CT molecular complexity index is 674. The van der Waals surface area contributed by atoms with Gasteiger partial charge in [0.1, 0.15) is 0 Å². The average Bonchev–Trinajstić information content (AvgIpc) is 2.87. The van der Waals surface area contributed by atoms with Crippen LogP contribution < -0.4 is 10.7 Å². The van der Waals surface area contributed by atoms with Gasteiger partial charge in [0.15, 0.2) is 0 Å². The molecule has 6 heteroatoms. The van der Waals surface area contributed by atoms with Gasteiger partial charge in [-0.05, 0) is 43.0 Å². The maximum Gasteiger partial charge on any atom is 0.329 e. The molecule has 0 atom stereocenters. The van der Waals surface area contributed by atoms with Crippen LogP contribution in [0.15, 0.2) is 40.8 Å². The largest absolute Gasteiger partial charge is 0.329 e. The molecule has 0 bridgehead atoms. The molecule has 0 fully saturated rings. The summed E-state index contributed by atoms with van der Waals surface area (Å²) >= 11 is 1.51. The van der Waals surface area contributed by atoms with E-state index in [1.165, 1.54) is 17.6 Å². The van der Waals surface area contributed by atoms with E-state index in [0.717, 1.165) is 16.0 Å². The van der Waals surface area contributed by atoms with E-state index in [4.69, 9.17) is 0 Å². The summed E-state index contributed by atoms with van der Waals surface area (Å²) < 4.78 is 0. The van der Waals surface area contributed by atoms with Gasteiger partial charge in [0.2, 0.25) is 0 Å². The van der Waals surface area contributed by atoms with Gasteiger partial charge in [-0.2, -0.15) is 5.10 Å². The summed E-state index contributed by atoms with van der Waals surface area (Å²) in [6.45, 7) is 3.89. The lowest BCUT2D eigenvalue weighted by atomic mass is 10.2. The number of rotatable bonds is 3. The second-order valence-corrected chi connectivity index (χ2v) is 5.43. The first-order chi connectivity index (χ1) is 10.1. The van der Waals surface area contributed by atoms with Gasteiger partial charge < -0.3 is 5.32 Å². The summed E-state index contributed by atoms with van der Waals surface area (Å²) in [5, 5.41) is 8.21. The third kappa shape index (κ3) is 4.25. The molecule has 0 spiro atoms. The quantitative estimate of drug-likeness (QED) is 0.519. The number of hydrogen-bond acceptors (Lipinski definition) is 4. The summed E-state index contributed by atoms with van der Waals surface area (Å²) in [6.07, 6.45) is 1.52. The van der Waals surface area contributed by atoms with Crippen LogP contribution in [0.5, 0.6) is 0 Å². The van der Waals surface area contributed by atoms with Crippen molar-refractivity contribution in [3.05, 3.63) is 51.7 Å². The van der Waals surface area contributed by atoms with Crippen molar-refractivity contribution in [3.8, 4) is 0 Å². The minimum Gasteiger partial charge on any atom is -0.318 e. The molecule has 0 saturated heterocycles. The zero-order valence-corrected chi connectivity index (χ0v) is 12.5. The van der Waals surface area contributed by atoms with Gasteiger partial charge in [0, 0.05) is 10.6 Å². The normalized spacial score (nSPS) is 10.6. The van der Waals surface area contributed by atoms with Gasteiger partial charge in [-0.3, -0.25) is 9.59 Å². The fourth-order valence-corrected chi connectivity index (χ4v) is 2.33. The molecule has 0 aliphatic carbocycles. The van der Waals surface area contributed by atoms with Crippen LogP contribution in [0.25, 0.3) is 0 Å². The number of hydrogen-bond donors (Lipinski definition) is 2. The topological polar surface area (TPSA) is 70.6 Å². The maximum absolute atomic E-state index is 11.7. The molecule has 108 valence electrons. The second kappa shape index (κ2) is 6.81. The molecule has 1 aromatic carbocycles. The number of amides is 2. The van der Waals surface area contributed by atoms with Gasteiger partial charge >= 0.3 is 11.8 Å². The zero-order valence-electron chi connectivity index (χ0n) is 11.7. The standard InChI is InChI=1S/C15H15N3O2S/c1-10-3-5-12(6-4-10)17-14(19)15(20)18-16-9-13-11(2)7-8-21-13/h3-9H,1-2H3,(H,17,19)(H,18,20)/b16-9-. The van der Waals surface area contributed by atoms with Crippen LogP contribution in [0.2, 0.25) is 0 Å². The van der Waals surface area contributed by atoms with Crippen LogP contribution in [0, 0.1) is 13.8 Å². The fraction of sp³-hybridized carbons (Fsp3) is 0.133. The van der Waals surface area contributed by atoms with E-state index in [9.17, 15) is 9.59 Å². The molecule has 0 aliphatic rings. The Morgan fingerprint density at radius 1 is 1.10 bits per heavy atom. The SMILES string of the molecule is Cc1ccc(NC(=O)C(=O)N/N=C\c2sccc2C)cc1. The third-order valence-corrected chi connectivity index (χ3v) is 3.72. The van der Waals surface area contributed by atoms with Crippen molar-refractivity contribution in [1.29, 1.82) is 0 Å². The molecule has 2 N–H and O–H groups in total. The molecular formula is C15H15N3O2S. The summed E-state index contributed by atoms with van der Waals surface area (Å²) in [7, 11) is 0. The van der Waals surface area contributed by atoms with E-state index >= 15 is 0 Å². The number of aryl methyl sites for hydroxylation is 2. The van der Waals surface area contributed by atoms with Crippen molar-refractivity contribution in [1.82, 2.24) is 5.43 Å². The van der Waals surface area contributed by atoms with Crippen LogP contribution in [-0.4, -0.2) is 18.0 Å². The Hall–Kier alpha value is -2.47. The number of nitrogens with one attached hydrogen (secondary N) is 2. The number of nitrogens with zero attached hydrogens (tertiary/aromatic N) is 1. The number of anilines is 1. The van der Waals surface area contributed by atoms with E-state index < -0.39 is 11.8 Å². The van der Waals surface area contributed by atoms with Crippen molar-refractivity contribution < 1.29 is 9.59 Å². The Balaban J connectivity index is 1.88. The molecule has 5 nitrogen and oxygen atoms in total. The number of carbonyl (C=O) groups is 2. The van der Waals surface area contributed by atoms with Gasteiger partial charge in [0.05, 0.1) is 6.21 Å². The number of benzene rings is 1. The zero-order chi connectivity index (χ0) is 15.2. The first-order valence-corrected chi connectivity index (χ1v) is 7.19. The fourth-order valence-electron chi connectivity index (χ4n) is 1.54. The van der Waals surface area contributed by atoms with E-state index in [-0.39, 0.29) is 0 Å². The van der Waals surface area contributed by atoms with Crippen LogP contribution in [-0.2, 0) is 9.59 Å². The molecule has 2 rings (SSSR count). The van der Waals surface area contributed by atoms with Crippen molar-refractivity contribution in [2.45, 2.75) is 13.8 Å². The molecule has 0 radical (unpaired) electrons. The van der Waals surface area contributed by atoms with Gasteiger partial charge in [0.25, 0.3) is 0 Å². The lowest BCUT2D eigenvalue weighted by molar-refractivity contribution is -0.136. The smallest absolute Gasteiger partial charge is 0.318 e. The third-order valence-electron chi connectivity index (χ3n) is 2.77. The van der Waals surface area contributed by atoms with E-state index in [1.807, 2.05) is 37.4 Å². The van der Waals surface area contributed by atoms with Crippen molar-refractivity contribution in [2.24, 2.45) is 5.10 Å². The molecule has 1 heterocycles. The highest BCUT2D eigenvalue weighted by Crippen LogP contribution is 2.12. The molecular weight excluding hydrogens is 286 g/mol. The van der Waals surface area contributed by atoms with Crippen molar-refractivity contribution >= 4 is 35.1 Å². The first kappa shape index (κ1) is 14.9. The lowest BCUT2D eigenvalue weighted by Gasteiger charge is -2.03. The lowest BCUT2D eigenvalue weighted by Crippen LogP contribution is -2.32. The highest BCUT2D eigenvalue weighted by atomic mass is 32.1. The molecule has 1 aromatic heterocycles. The highest BCUT2D eigenvalue weighted by molar-refractivity contribution is 7.11. The van der Waals surface area contributed by atoms with Crippen LogP contribution >= 0.6 is 11.3 Å². The Labute approximate surface area is 126 Å². The Kier molecular flexibility index (Phi) is 4.84. The minimum atomic E-state index is -0.805. The number of hydrazone groups is 1. The molecule has 0 aliphatic heterocycles. The average molecular weight is 301 g/mol. The Morgan fingerprint density at radius 2 is 1.81 bits per heavy atom. The van der Waals surface area contributed by atoms with Gasteiger partial charge in [-0.15, -0.1) is 11.3 Å². The van der Waals surface area contributed by atoms with Crippen LogP contribution in [0.4, 0.5) is 5.69 Å². The Morgan fingerprint density at radius 3 is 2.43 bits per heavy atom. The number of thiophene rings is 1. The summed E-state index contributed by atoms with van der Waals surface area (Å²) in [5.74, 6) is -1.56. The highest BCUT2D eigenvalue weighted by Gasteiger charge is 2.12.